The van der Waals surface area contributed by atoms with Gasteiger partial charge in [-0.1, -0.05) is 77.8 Å². The van der Waals surface area contributed by atoms with E-state index in [4.69, 9.17) is 28.3 Å². The van der Waals surface area contributed by atoms with Gasteiger partial charge in [-0.25, -0.2) is 5.01 Å². The molecule has 1 amide bonds. The maximum absolute atomic E-state index is 13.9. The Hall–Kier alpha value is -2.96. The first-order valence-electron chi connectivity index (χ1n) is 14.1. The number of piperazine rings is 1. The van der Waals surface area contributed by atoms with Crippen molar-refractivity contribution in [1.29, 1.82) is 0 Å². The third kappa shape index (κ3) is 6.18. The van der Waals surface area contributed by atoms with E-state index in [0.717, 1.165) is 73.8 Å². The first kappa shape index (κ1) is 27.2. The number of hydrazone groups is 1. The summed E-state index contributed by atoms with van der Waals surface area (Å²) in [5, 5.41) is 8.26. The highest BCUT2D eigenvalue weighted by Crippen LogP contribution is 2.44. The van der Waals surface area contributed by atoms with Crippen molar-refractivity contribution in [1.82, 2.24) is 14.8 Å². The average Bonchev–Trinajstić information content (AvgIpc) is 3.37. The van der Waals surface area contributed by atoms with Crippen LogP contribution in [0.25, 0.3) is 6.08 Å². The van der Waals surface area contributed by atoms with Gasteiger partial charge in [0.05, 0.1) is 18.3 Å². The molecule has 0 spiro atoms. The Morgan fingerprint density at radius 2 is 1.50 bits per heavy atom. The molecular weight excluding hydrogens is 539 g/mol. The minimum Gasteiger partial charge on any atom is -0.297 e. The first-order valence-corrected chi connectivity index (χ1v) is 14.9. The average molecular weight is 574 g/mol. The van der Waals surface area contributed by atoms with Crippen LogP contribution in [0.1, 0.15) is 42.0 Å². The molecule has 0 N–H and O–H groups in total. The van der Waals surface area contributed by atoms with Crippen molar-refractivity contribution in [3.63, 3.8) is 0 Å². The second-order valence-corrected chi connectivity index (χ2v) is 11.9. The quantitative estimate of drug-likeness (QED) is 0.321. The Bertz CT molecular complexity index is 1380. The van der Waals surface area contributed by atoms with Crippen LogP contribution in [0, 0.1) is 5.92 Å². The lowest BCUT2D eigenvalue weighted by atomic mass is 9.77. The van der Waals surface area contributed by atoms with E-state index in [-0.39, 0.29) is 17.9 Å². The Morgan fingerprint density at radius 1 is 0.850 bits per heavy atom. The molecule has 3 aliphatic rings. The molecule has 40 heavy (non-hydrogen) atoms. The molecule has 0 aromatic heterocycles. The van der Waals surface area contributed by atoms with E-state index >= 15 is 0 Å². The van der Waals surface area contributed by atoms with E-state index in [9.17, 15) is 4.79 Å². The fourth-order valence-corrected chi connectivity index (χ4v) is 6.42. The van der Waals surface area contributed by atoms with E-state index in [0.29, 0.717) is 11.6 Å². The van der Waals surface area contributed by atoms with Crippen LogP contribution < -0.4 is 0 Å². The van der Waals surface area contributed by atoms with Crippen molar-refractivity contribution in [2.24, 2.45) is 11.0 Å². The van der Waals surface area contributed by atoms with Gasteiger partial charge in [0.1, 0.15) is 0 Å². The van der Waals surface area contributed by atoms with Crippen molar-refractivity contribution < 1.29 is 4.79 Å². The van der Waals surface area contributed by atoms with Crippen LogP contribution in [0.15, 0.2) is 89.5 Å². The summed E-state index contributed by atoms with van der Waals surface area (Å²) < 4.78 is 0. The van der Waals surface area contributed by atoms with Gasteiger partial charge in [-0.15, -0.1) is 0 Å². The van der Waals surface area contributed by atoms with E-state index in [1.165, 1.54) is 11.1 Å². The molecule has 2 unspecified atom stereocenters. The molecule has 0 radical (unpaired) electrons. The molecule has 1 saturated heterocycles. The molecule has 5 nitrogen and oxygen atoms in total. The number of rotatable bonds is 6. The van der Waals surface area contributed by atoms with Gasteiger partial charge >= 0.3 is 0 Å². The zero-order valence-electron chi connectivity index (χ0n) is 22.6. The predicted molar refractivity (Wildman–Crippen MR) is 163 cm³/mol. The van der Waals surface area contributed by atoms with Gasteiger partial charge in [0, 0.05) is 48.7 Å². The summed E-state index contributed by atoms with van der Waals surface area (Å²) in [4.78, 5) is 18.6. The van der Waals surface area contributed by atoms with E-state index in [1.807, 2.05) is 48.5 Å². The summed E-state index contributed by atoms with van der Waals surface area (Å²) in [5.41, 5.74) is 5.77. The molecule has 2 heterocycles. The SMILES string of the molecule is O=C(CN1CCN(Cc2ccccc2)CC1)N1N=C2/C(=C/c3ccc(Cl)cc3)CCCC2C1c1ccc(Cl)cc1. The smallest absolute Gasteiger partial charge is 0.257 e. The minimum atomic E-state index is -0.118. The topological polar surface area (TPSA) is 39.2 Å². The van der Waals surface area contributed by atoms with Gasteiger partial charge in [-0.3, -0.25) is 14.6 Å². The number of fused-ring (bicyclic) bond motifs is 1. The Kier molecular flexibility index (Phi) is 8.35. The number of hydrogen-bond acceptors (Lipinski definition) is 4. The fourth-order valence-electron chi connectivity index (χ4n) is 6.17. The van der Waals surface area contributed by atoms with Crippen LogP contribution >= 0.6 is 23.2 Å². The van der Waals surface area contributed by atoms with Gasteiger partial charge in [-0.2, -0.15) is 5.10 Å². The maximum atomic E-state index is 13.9. The Morgan fingerprint density at radius 3 is 2.20 bits per heavy atom. The Balaban J connectivity index is 1.20. The molecule has 2 fully saturated rings. The fraction of sp³-hybridized carbons (Fsp3) is 0.333. The molecule has 3 aromatic carbocycles. The lowest BCUT2D eigenvalue weighted by molar-refractivity contribution is -0.135. The first-order chi connectivity index (χ1) is 19.5. The van der Waals surface area contributed by atoms with Gasteiger partial charge in [0.25, 0.3) is 5.91 Å². The second-order valence-electron chi connectivity index (χ2n) is 11.0. The van der Waals surface area contributed by atoms with Crippen LogP contribution in [0.5, 0.6) is 0 Å². The summed E-state index contributed by atoms with van der Waals surface area (Å²) in [6.45, 7) is 4.98. The lowest BCUT2D eigenvalue weighted by Gasteiger charge is -2.35. The number of nitrogens with zero attached hydrogens (tertiary/aromatic N) is 4. The van der Waals surface area contributed by atoms with Crippen molar-refractivity contribution in [3.8, 4) is 0 Å². The van der Waals surface area contributed by atoms with Crippen LogP contribution in [-0.4, -0.2) is 59.2 Å². The monoisotopic (exact) mass is 572 g/mol. The number of allylic oxidation sites excluding steroid dienone is 1. The normalized spacial score (nSPS) is 22.8. The second kappa shape index (κ2) is 12.3. The molecule has 1 saturated carbocycles. The molecule has 3 aromatic rings. The van der Waals surface area contributed by atoms with Crippen LogP contribution in [0.3, 0.4) is 0 Å². The van der Waals surface area contributed by atoms with Crippen molar-refractivity contribution in [3.05, 3.63) is 111 Å². The van der Waals surface area contributed by atoms with Gasteiger partial charge in [0.15, 0.2) is 0 Å². The number of hydrogen-bond donors (Lipinski definition) is 0. The number of halogens is 2. The number of benzene rings is 3. The molecule has 7 heteroatoms. The summed E-state index contributed by atoms with van der Waals surface area (Å²) in [5.74, 6) is 0.226. The summed E-state index contributed by atoms with van der Waals surface area (Å²) in [6.07, 6.45) is 5.24. The van der Waals surface area contributed by atoms with Crippen molar-refractivity contribution >= 4 is 40.9 Å². The molecule has 2 aliphatic heterocycles. The van der Waals surface area contributed by atoms with Crippen LogP contribution in [-0.2, 0) is 11.3 Å². The molecule has 206 valence electrons. The summed E-state index contributed by atoms with van der Waals surface area (Å²) >= 11 is 12.3. The number of amides is 1. The molecule has 0 bridgehead atoms. The minimum absolute atomic E-state index is 0.0594. The molecule has 2 atom stereocenters. The van der Waals surface area contributed by atoms with E-state index in [1.54, 1.807) is 5.01 Å². The van der Waals surface area contributed by atoms with Crippen molar-refractivity contribution in [2.75, 3.05) is 32.7 Å². The molecule has 1 aliphatic carbocycles. The van der Waals surface area contributed by atoms with Crippen LogP contribution in [0.2, 0.25) is 10.0 Å². The highest BCUT2D eigenvalue weighted by atomic mass is 35.5. The highest BCUT2D eigenvalue weighted by molar-refractivity contribution is 6.30. The molecular formula is C33H34Cl2N4O. The van der Waals surface area contributed by atoms with Crippen LogP contribution in [0.4, 0.5) is 0 Å². The largest absolute Gasteiger partial charge is 0.297 e. The summed E-state index contributed by atoms with van der Waals surface area (Å²) in [7, 11) is 0. The number of carbonyl (C=O) groups is 1. The predicted octanol–water partition coefficient (Wildman–Crippen LogP) is 6.93. The zero-order chi connectivity index (χ0) is 27.5. The maximum Gasteiger partial charge on any atom is 0.257 e. The van der Waals surface area contributed by atoms with E-state index < -0.39 is 0 Å². The van der Waals surface area contributed by atoms with Gasteiger partial charge < -0.3 is 0 Å². The van der Waals surface area contributed by atoms with Gasteiger partial charge in [0.2, 0.25) is 0 Å². The van der Waals surface area contributed by atoms with Crippen molar-refractivity contribution in [2.45, 2.75) is 31.8 Å². The third-order valence-corrected chi connectivity index (χ3v) is 8.76. The zero-order valence-corrected chi connectivity index (χ0v) is 24.1. The van der Waals surface area contributed by atoms with E-state index in [2.05, 4.69) is 46.2 Å². The highest BCUT2D eigenvalue weighted by Gasteiger charge is 2.44. The number of carbonyl (C=O) groups excluding carboxylic acids is 1. The standard InChI is InChI=1S/C33H34Cl2N4O/c34-28-13-9-24(10-14-28)21-27-7-4-8-30-32(27)36-39(33(30)26-11-15-29(35)16-12-26)31(40)23-38-19-17-37(18-20-38)22-25-5-2-1-3-6-25/h1-3,5-6,9-16,21,30,33H,4,7-8,17-20,22-23H2/b27-21+. The third-order valence-electron chi connectivity index (χ3n) is 8.25. The lowest BCUT2D eigenvalue weighted by Crippen LogP contribution is -2.49. The summed E-state index contributed by atoms with van der Waals surface area (Å²) in [6, 6.07) is 26.3. The van der Waals surface area contributed by atoms with Gasteiger partial charge in [-0.05, 0) is 71.9 Å². The Labute approximate surface area is 246 Å². The molecule has 6 rings (SSSR count).